The van der Waals surface area contributed by atoms with Crippen LogP contribution in [0.4, 0.5) is 4.39 Å². The van der Waals surface area contributed by atoms with Crippen molar-refractivity contribution in [3.8, 4) is 0 Å². The molecule has 2 aliphatic rings. The van der Waals surface area contributed by atoms with Gasteiger partial charge < -0.3 is 4.90 Å². The minimum atomic E-state index is -0.188. The van der Waals surface area contributed by atoms with Crippen LogP contribution in [0.2, 0.25) is 0 Å². The number of thiazole rings is 1. The molecule has 0 unspecified atom stereocenters. The number of benzene rings is 1. The Labute approximate surface area is 139 Å². The molecule has 2 aromatic rings. The van der Waals surface area contributed by atoms with Gasteiger partial charge in [0.1, 0.15) is 5.82 Å². The standard InChI is InChI=1S/C18H19FN2OS/c19-16-6-2-1-5-13(16)14-10-15(14)18(22)21-8-3-4-12(11-21)17-20-7-9-23-17/h1-2,5-7,9,12,14-15H,3-4,8,10-11H2/t12-,14+,15+/m0/s1. The van der Waals surface area contributed by atoms with Gasteiger partial charge in [0.15, 0.2) is 0 Å². The lowest BCUT2D eigenvalue weighted by Gasteiger charge is -2.32. The fourth-order valence-corrected chi connectivity index (χ4v) is 4.40. The minimum Gasteiger partial charge on any atom is -0.342 e. The summed E-state index contributed by atoms with van der Waals surface area (Å²) in [5, 5.41) is 3.12. The van der Waals surface area contributed by atoms with Crippen LogP contribution in [0.15, 0.2) is 35.8 Å². The smallest absolute Gasteiger partial charge is 0.226 e. The van der Waals surface area contributed by atoms with Gasteiger partial charge in [0.05, 0.1) is 5.01 Å². The lowest BCUT2D eigenvalue weighted by molar-refractivity contribution is -0.133. The second kappa shape index (κ2) is 6.04. The first kappa shape index (κ1) is 14.8. The summed E-state index contributed by atoms with van der Waals surface area (Å²) < 4.78 is 13.9. The van der Waals surface area contributed by atoms with Gasteiger partial charge in [-0.3, -0.25) is 4.79 Å². The van der Waals surface area contributed by atoms with E-state index in [1.165, 1.54) is 6.07 Å². The monoisotopic (exact) mass is 330 g/mol. The third-order valence-corrected chi connectivity index (χ3v) is 5.88. The van der Waals surface area contributed by atoms with Crippen LogP contribution in [-0.4, -0.2) is 28.9 Å². The highest BCUT2D eigenvalue weighted by Gasteiger charge is 2.47. The lowest BCUT2D eigenvalue weighted by Crippen LogP contribution is -2.40. The van der Waals surface area contributed by atoms with Crippen molar-refractivity contribution in [1.82, 2.24) is 9.88 Å². The van der Waals surface area contributed by atoms with Crippen LogP contribution >= 0.6 is 11.3 Å². The maximum Gasteiger partial charge on any atom is 0.226 e. The number of aromatic nitrogens is 1. The van der Waals surface area contributed by atoms with Crippen LogP contribution in [0.3, 0.4) is 0 Å². The first-order valence-electron chi connectivity index (χ1n) is 8.16. The molecule has 0 spiro atoms. The molecule has 1 saturated heterocycles. The number of carbonyl (C=O) groups excluding carboxylic acids is 1. The second-order valence-electron chi connectivity index (χ2n) is 6.46. The van der Waals surface area contributed by atoms with Gasteiger partial charge in [-0.05, 0) is 36.8 Å². The van der Waals surface area contributed by atoms with Crippen molar-refractivity contribution in [1.29, 1.82) is 0 Å². The minimum absolute atomic E-state index is 0.0399. The Morgan fingerprint density at radius 3 is 3.00 bits per heavy atom. The fourth-order valence-electron chi connectivity index (χ4n) is 3.64. The maximum atomic E-state index is 13.9. The molecule has 1 amide bonds. The average Bonchev–Trinajstić information content (AvgIpc) is 3.17. The first-order chi connectivity index (χ1) is 11.2. The Hall–Kier alpha value is -1.75. The Morgan fingerprint density at radius 1 is 1.35 bits per heavy atom. The molecule has 5 heteroatoms. The highest BCUT2D eigenvalue weighted by molar-refractivity contribution is 7.09. The molecule has 3 atom stereocenters. The zero-order chi connectivity index (χ0) is 15.8. The van der Waals surface area contributed by atoms with E-state index in [-0.39, 0.29) is 23.6 Å². The lowest BCUT2D eigenvalue weighted by atomic mass is 9.98. The molecule has 1 saturated carbocycles. The second-order valence-corrected chi connectivity index (χ2v) is 7.39. The molecule has 2 heterocycles. The quantitative estimate of drug-likeness (QED) is 0.858. The van der Waals surface area contributed by atoms with E-state index in [4.69, 9.17) is 0 Å². The van der Waals surface area contributed by atoms with Crippen molar-refractivity contribution >= 4 is 17.2 Å². The predicted molar refractivity (Wildman–Crippen MR) is 87.9 cm³/mol. The van der Waals surface area contributed by atoms with E-state index in [1.807, 2.05) is 28.6 Å². The molecule has 2 fully saturated rings. The van der Waals surface area contributed by atoms with Crippen LogP contribution in [-0.2, 0) is 4.79 Å². The topological polar surface area (TPSA) is 33.2 Å². The summed E-state index contributed by atoms with van der Waals surface area (Å²) >= 11 is 1.67. The summed E-state index contributed by atoms with van der Waals surface area (Å²) in [4.78, 5) is 19.1. The van der Waals surface area contributed by atoms with Crippen molar-refractivity contribution in [2.75, 3.05) is 13.1 Å². The van der Waals surface area contributed by atoms with Crippen molar-refractivity contribution < 1.29 is 9.18 Å². The van der Waals surface area contributed by atoms with Gasteiger partial charge in [-0.25, -0.2) is 9.37 Å². The van der Waals surface area contributed by atoms with Crippen LogP contribution in [0.1, 0.15) is 41.7 Å². The molecule has 0 bridgehead atoms. The summed E-state index contributed by atoms with van der Waals surface area (Å²) in [5.74, 6) is 0.385. The first-order valence-corrected chi connectivity index (χ1v) is 9.04. The van der Waals surface area contributed by atoms with E-state index < -0.39 is 0 Å². The van der Waals surface area contributed by atoms with Gasteiger partial charge >= 0.3 is 0 Å². The summed E-state index contributed by atoms with van der Waals surface area (Å²) in [6.45, 7) is 1.58. The Morgan fingerprint density at radius 2 is 2.22 bits per heavy atom. The van der Waals surface area contributed by atoms with Gasteiger partial charge in [0.2, 0.25) is 5.91 Å². The SMILES string of the molecule is O=C([C@@H]1C[C@@H]1c1ccccc1F)N1CCC[C@H](c2nccs2)C1. The third-order valence-electron chi connectivity index (χ3n) is 4.95. The van der Waals surface area contributed by atoms with Crippen molar-refractivity contribution in [2.24, 2.45) is 5.92 Å². The van der Waals surface area contributed by atoms with Gasteiger partial charge in [0.25, 0.3) is 0 Å². The molecule has 23 heavy (non-hydrogen) atoms. The predicted octanol–water partition coefficient (Wildman–Crippen LogP) is 3.79. The van der Waals surface area contributed by atoms with Crippen LogP contribution in [0.5, 0.6) is 0 Å². The molecule has 1 aromatic carbocycles. The van der Waals surface area contributed by atoms with Gasteiger partial charge in [-0.15, -0.1) is 11.3 Å². The highest BCUT2D eigenvalue weighted by atomic mass is 32.1. The van der Waals surface area contributed by atoms with Gasteiger partial charge in [-0.2, -0.15) is 0 Å². The number of amides is 1. The molecular weight excluding hydrogens is 311 g/mol. The maximum absolute atomic E-state index is 13.9. The largest absolute Gasteiger partial charge is 0.342 e. The summed E-state index contributed by atoms with van der Waals surface area (Å²) in [6.07, 6.45) is 4.72. The van der Waals surface area contributed by atoms with E-state index in [0.717, 1.165) is 37.4 Å². The summed E-state index contributed by atoms with van der Waals surface area (Å²) in [7, 11) is 0. The zero-order valence-corrected chi connectivity index (χ0v) is 13.6. The summed E-state index contributed by atoms with van der Waals surface area (Å²) in [6, 6.07) is 6.83. The van der Waals surface area contributed by atoms with E-state index in [9.17, 15) is 9.18 Å². The summed E-state index contributed by atoms with van der Waals surface area (Å²) in [5.41, 5.74) is 0.694. The van der Waals surface area contributed by atoms with Crippen molar-refractivity contribution in [2.45, 2.75) is 31.1 Å². The number of halogens is 1. The van der Waals surface area contributed by atoms with Crippen molar-refractivity contribution in [3.63, 3.8) is 0 Å². The number of hydrogen-bond donors (Lipinski definition) is 0. The molecule has 0 radical (unpaired) electrons. The Kier molecular flexibility index (Phi) is 3.89. The molecular formula is C18H19FN2OS. The zero-order valence-electron chi connectivity index (χ0n) is 12.8. The van der Waals surface area contributed by atoms with E-state index in [0.29, 0.717) is 11.5 Å². The molecule has 1 aromatic heterocycles. The Balaban J connectivity index is 1.43. The molecule has 120 valence electrons. The number of nitrogens with zero attached hydrogens (tertiary/aromatic N) is 2. The molecule has 1 aliphatic heterocycles. The Bertz CT molecular complexity index is 703. The average molecular weight is 330 g/mol. The van der Waals surface area contributed by atoms with Crippen LogP contribution in [0.25, 0.3) is 0 Å². The van der Waals surface area contributed by atoms with Crippen LogP contribution in [0, 0.1) is 11.7 Å². The highest BCUT2D eigenvalue weighted by Crippen LogP contribution is 2.49. The number of hydrogen-bond acceptors (Lipinski definition) is 3. The fraction of sp³-hybridized carbons (Fsp3) is 0.444. The third kappa shape index (κ3) is 2.90. The number of likely N-dealkylation sites (tertiary alicyclic amines) is 1. The van der Waals surface area contributed by atoms with E-state index >= 15 is 0 Å². The normalized spacial score (nSPS) is 27.0. The van der Waals surface area contributed by atoms with Crippen molar-refractivity contribution in [3.05, 3.63) is 52.2 Å². The van der Waals surface area contributed by atoms with Gasteiger partial charge in [-0.1, -0.05) is 18.2 Å². The van der Waals surface area contributed by atoms with E-state index in [1.54, 1.807) is 17.4 Å². The number of rotatable bonds is 3. The number of piperidine rings is 1. The molecule has 3 nitrogen and oxygen atoms in total. The molecule has 4 rings (SSSR count). The van der Waals surface area contributed by atoms with Crippen LogP contribution < -0.4 is 0 Å². The van der Waals surface area contributed by atoms with E-state index in [2.05, 4.69) is 4.98 Å². The molecule has 0 N–H and O–H groups in total. The van der Waals surface area contributed by atoms with Gasteiger partial charge in [0, 0.05) is 36.5 Å². The number of carbonyl (C=O) groups is 1. The molecule has 1 aliphatic carbocycles.